The van der Waals surface area contributed by atoms with E-state index in [9.17, 15) is 0 Å². The second kappa shape index (κ2) is 13.9. The molecule has 1 aliphatic rings. The molecule has 0 N–H and O–H groups in total. The van der Waals surface area contributed by atoms with E-state index in [2.05, 4.69) is 6.92 Å². The molecule has 0 spiro atoms. The molecule has 0 aromatic carbocycles. The zero-order chi connectivity index (χ0) is 14.3. The maximum absolute atomic E-state index is 5.67. The molecular weight excluding hydrogens is 248 g/mol. The zero-order valence-electron chi connectivity index (χ0n) is 13.7. The predicted octanol–water partition coefficient (Wildman–Crippen LogP) is 5.84. The van der Waals surface area contributed by atoms with E-state index in [1.807, 2.05) is 0 Å². The average molecular weight is 284 g/mol. The molecule has 0 aromatic rings. The summed E-state index contributed by atoms with van der Waals surface area (Å²) in [7, 11) is 0. The Hall–Kier alpha value is -0.0800. The van der Waals surface area contributed by atoms with E-state index in [0.717, 1.165) is 19.6 Å². The van der Waals surface area contributed by atoms with Crippen LogP contribution in [-0.4, -0.2) is 19.5 Å². The maximum atomic E-state index is 5.67. The second-order valence-corrected chi connectivity index (χ2v) is 6.20. The normalized spacial score (nSPS) is 18.8. The molecular formula is C18H36O2. The molecule has 1 rings (SSSR count). The van der Waals surface area contributed by atoms with Gasteiger partial charge in [0.15, 0.2) is 6.29 Å². The highest BCUT2D eigenvalue weighted by Crippen LogP contribution is 2.15. The van der Waals surface area contributed by atoms with Gasteiger partial charge in [-0.15, -0.1) is 0 Å². The monoisotopic (exact) mass is 284 g/mol. The van der Waals surface area contributed by atoms with E-state index < -0.39 is 0 Å². The summed E-state index contributed by atoms with van der Waals surface area (Å²) in [5.41, 5.74) is 0. The third kappa shape index (κ3) is 10.7. The Balaban J connectivity index is 1.66. The molecule has 0 aliphatic carbocycles. The summed E-state index contributed by atoms with van der Waals surface area (Å²) < 4.78 is 11.1. The molecule has 2 nitrogen and oxygen atoms in total. The Kier molecular flexibility index (Phi) is 12.5. The van der Waals surface area contributed by atoms with Crippen LogP contribution in [0.4, 0.5) is 0 Å². The largest absolute Gasteiger partial charge is 0.353 e. The van der Waals surface area contributed by atoms with Crippen LogP contribution in [0, 0.1) is 0 Å². The first-order valence-corrected chi connectivity index (χ1v) is 9.16. The van der Waals surface area contributed by atoms with Gasteiger partial charge < -0.3 is 9.47 Å². The minimum absolute atomic E-state index is 0.114. The molecule has 0 bridgehead atoms. The molecule has 120 valence electrons. The molecule has 1 fully saturated rings. The van der Waals surface area contributed by atoms with Crippen LogP contribution in [0.3, 0.4) is 0 Å². The van der Waals surface area contributed by atoms with Crippen molar-refractivity contribution in [2.75, 3.05) is 13.2 Å². The summed E-state index contributed by atoms with van der Waals surface area (Å²) in [6, 6.07) is 0. The number of ether oxygens (including phenoxy) is 2. The average Bonchev–Trinajstić information content (AvgIpc) is 2.97. The SMILES string of the molecule is CCCCCCCCCCCCCCOC1CCCO1. The molecule has 1 heterocycles. The molecule has 1 saturated heterocycles. The molecule has 0 radical (unpaired) electrons. The fourth-order valence-corrected chi connectivity index (χ4v) is 2.84. The van der Waals surface area contributed by atoms with Crippen molar-refractivity contribution in [3.05, 3.63) is 0 Å². The second-order valence-electron chi connectivity index (χ2n) is 6.20. The highest BCUT2D eigenvalue weighted by atomic mass is 16.7. The van der Waals surface area contributed by atoms with Crippen molar-refractivity contribution < 1.29 is 9.47 Å². The summed E-state index contributed by atoms with van der Waals surface area (Å²) >= 11 is 0. The summed E-state index contributed by atoms with van der Waals surface area (Å²) in [5.74, 6) is 0. The minimum Gasteiger partial charge on any atom is -0.353 e. The first-order chi connectivity index (χ1) is 9.93. The molecule has 2 heteroatoms. The fraction of sp³-hybridized carbons (Fsp3) is 1.00. The Bertz CT molecular complexity index is 188. The van der Waals surface area contributed by atoms with Crippen molar-refractivity contribution in [3.8, 4) is 0 Å². The van der Waals surface area contributed by atoms with Gasteiger partial charge in [0.25, 0.3) is 0 Å². The van der Waals surface area contributed by atoms with Gasteiger partial charge >= 0.3 is 0 Å². The number of hydrogen-bond donors (Lipinski definition) is 0. The van der Waals surface area contributed by atoms with Gasteiger partial charge in [-0.25, -0.2) is 0 Å². The van der Waals surface area contributed by atoms with Gasteiger partial charge in [-0.2, -0.15) is 0 Å². The van der Waals surface area contributed by atoms with Gasteiger partial charge in [-0.3, -0.25) is 0 Å². The van der Waals surface area contributed by atoms with Crippen LogP contribution in [0.5, 0.6) is 0 Å². The van der Waals surface area contributed by atoms with E-state index in [-0.39, 0.29) is 6.29 Å². The van der Waals surface area contributed by atoms with Crippen molar-refractivity contribution >= 4 is 0 Å². The van der Waals surface area contributed by atoms with Gasteiger partial charge in [0, 0.05) is 19.6 Å². The van der Waals surface area contributed by atoms with E-state index in [0.29, 0.717) is 0 Å². The minimum atomic E-state index is 0.114. The first kappa shape index (κ1) is 18.0. The predicted molar refractivity (Wildman–Crippen MR) is 86.0 cm³/mol. The molecule has 0 saturated carbocycles. The van der Waals surface area contributed by atoms with Gasteiger partial charge in [0.2, 0.25) is 0 Å². The Morgan fingerprint density at radius 1 is 0.800 bits per heavy atom. The van der Waals surface area contributed by atoms with Gasteiger partial charge in [0.05, 0.1) is 0 Å². The molecule has 1 aliphatic heterocycles. The third-order valence-corrected chi connectivity index (χ3v) is 4.19. The van der Waals surface area contributed by atoms with Crippen LogP contribution in [-0.2, 0) is 9.47 Å². The zero-order valence-corrected chi connectivity index (χ0v) is 13.7. The molecule has 0 aromatic heterocycles. The van der Waals surface area contributed by atoms with E-state index >= 15 is 0 Å². The highest BCUT2D eigenvalue weighted by molar-refractivity contribution is 4.54. The van der Waals surface area contributed by atoms with Gasteiger partial charge in [-0.05, 0) is 12.8 Å². The van der Waals surface area contributed by atoms with Crippen molar-refractivity contribution in [1.82, 2.24) is 0 Å². The topological polar surface area (TPSA) is 18.5 Å². The van der Waals surface area contributed by atoms with Gasteiger partial charge in [0.1, 0.15) is 0 Å². The van der Waals surface area contributed by atoms with Gasteiger partial charge in [-0.1, -0.05) is 77.6 Å². The molecule has 0 amide bonds. The quantitative estimate of drug-likeness (QED) is 0.373. The van der Waals surface area contributed by atoms with Crippen LogP contribution in [0.2, 0.25) is 0 Å². The van der Waals surface area contributed by atoms with Crippen molar-refractivity contribution in [2.45, 2.75) is 103 Å². The number of hydrogen-bond acceptors (Lipinski definition) is 2. The first-order valence-electron chi connectivity index (χ1n) is 9.16. The van der Waals surface area contributed by atoms with E-state index in [1.165, 1.54) is 83.5 Å². The highest BCUT2D eigenvalue weighted by Gasteiger charge is 2.14. The summed E-state index contributed by atoms with van der Waals surface area (Å²) in [6.45, 7) is 4.07. The maximum Gasteiger partial charge on any atom is 0.157 e. The standard InChI is InChI=1S/C18H36O2/c1-2-3-4-5-6-7-8-9-10-11-12-13-16-19-18-15-14-17-20-18/h18H,2-17H2,1H3. The lowest BCUT2D eigenvalue weighted by Gasteiger charge is -2.10. The fourth-order valence-electron chi connectivity index (χ4n) is 2.84. The van der Waals surface area contributed by atoms with Crippen molar-refractivity contribution in [2.24, 2.45) is 0 Å². The molecule has 1 unspecified atom stereocenters. The van der Waals surface area contributed by atoms with Crippen LogP contribution in [0.15, 0.2) is 0 Å². The Morgan fingerprint density at radius 2 is 1.35 bits per heavy atom. The Morgan fingerprint density at radius 3 is 1.85 bits per heavy atom. The summed E-state index contributed by atoms with van der Waals surface area (Å²) in [6.07, 6.45) is 19.2. The van der Waals surface area contributed by atoms with Crippen LogP contribution in [0.25, 0.3) is 0 Å². The van der Waals surface area contributed by atoms with Crippen LogP contribution < -0.4 is 0 Å². The lowest BCUT2D eigenvalue weighted by molar-refractivity contribution is -0.111. The lowest BCUT2D eigenvalue weighted by Crippen LogP contribution is -2.11. The van der Waals surface area contributed by atoms with E-state index in [1.54, 1.807) is 0 Å². The number of rotatable bonds is 14. The Labute approximate surface area is 126 Å². The molecule has 20 heavy (non-hydrogen) atoms. The summed E-state index contributed by atoms with van der Waals surface area (Å²) in [4.78, 5) is 0. The van der Waals surface area contributed by atoms with E-state index in [4.69, 9.17) is 9.47 Å². The van der Waals surface area contributed by atoms with Crippen molar-refractivity contribution in [1.29, 1.82) is 0 Å². The smallest absolute Gasteiger partial charge is 0.157 e. The van der Waals surface area contributed by atoms with Crippen molar-refractivity contribution in [3.63, 3.8) is 0 Å². The third-order valence-electron chi connectivity index (χ3n) is 4.19. The van der Waals surface area contributed by atoms with Crippen LogP contribution in [0.1, 0.15) is 96.8 Å². The molecule has 1 atom stereocenters. The lowest BCUT2D eigenvalue weighted by atomic mass is 10.1. The summed E-state index contributed by atoms with van der Waals surface area (Å²) in [5, 5.41) is 0. The van der Waals surface area contributed by atoms with Crippen LogP contribution >= 0.6 is 0 Å². The number of unbranched alkanes of at least 4 members (excludes halogenated alkanes) is 11.